The predicted molar refractivity (Wildman–Crippen MR) is 136 cm³/mol. The molecule has 0 bridgehead atoms. The lowest BCUT2D eigenvalue weighted by Crippen LogP contribution is -2.43. The van der Waals surface area contributed by atoms with E-state index in [0.29, 0.717) is 35.1 Å². The Morgan fingerprint density at radius 1 is 1.00 bits per heavy atom. The zero-order valence-electron chi connectivity index (χ0n) is 20.1. The van der Waals surface area contributed by atoms with Crippen LogP contribution in [0.25, 0.3) is 11.3 Å². The van der Waals surface area contributed by atoms with Crippen molar-refractivity contribution in [2.75, 3.05) is 11.9 Å². The summed E-state index contributed by atoms with van der Waals surface area (Å²) in [5.41, 5.74) is 7.00. The number of halogens is 6. The molecule has 1 amide bonds. The Hall–Kier alpha value is -3.96. The van der Waals surface area contributed by atoms with Crippen LogP contribution >= 0.6 is 11.6 Å². The number of carbonyl (C=O) groups excluding carboxylic acids is 1. The molecule has 202 valence electrons. The van der Waals surface area contributed by atoms with Gasteiger partial charge in [0.2, 0.25) is 5.91 Å². The third-order valence-electron chi connectivity index (χ3n) is 6.45. The van der Waals surface area contributed by atoms with Gasteiger partial charge in [-0.1, -0.05) is 23.7 Å². The number of carbonyl (C=O) groups is 1. The number of amides is 1. The van der Waals surface area contributed by atoms with Crippen molar-refractivity contribution >= 4 is 29.0 Å². The van der Waals surface area contributed by atoms with Crippen molar-refractivity contribution in [2.45, 2.75) is 25.3 Å². The third kappa shape index (κ3) is 5.45. The molecule has 39 heavy (non-hydrogen) atoms. The zero-order chi connectivity index (χ0) is 27.9. The Bertz CT molecular complexity index is 1520. The summed E-state index contributed by atoms with van der Waals surface area (Å²) in [6.07, 6.45) is -4.50. The van der Waals surface area contributed by atoms with Crippen molar-refractivity contribution in [1.29, 1.82) is 0 Å². The maximum atomic E-state index is 14.1. The minimum atomic E-state index is -4.50. The first-order valence-electron chi connectivity index (χ1n) is 11.8. The minimum absolute atomic E-state index is 0.0341. The van der Waals surface area contributed by atoms with Crippen molar-refractivity contribution in [1.82, 2.24) is 14.5 Å². The van der Waals surface area contributed by atoms with E-state index in [-0.39, 0.29) is 23.7 Å². The van der Waals surface area contributed by atoms with E-state index in [0.717, 1.165) is 12.1 Å². The van der Waals surface area contributed by atoms with E-state index in [1.54, 1.807) is 18.2 Å². The number of hydrogen-bond acceptors (Lipinski definition) is 4. The largest absolute Gasteiger partial charge is 0.416 e. The van der Waals surface area contributed by atoms with Gasteiger partial charge in [0.1, 0.15) is 35.0 Å². The Labute approximate surface area is 224 Å². The van der Waals surface area contributed by atoms with Crippen molar-refractivity contribution in [3.8, 4) is 11.3 Å². The third-order valence-corrected chi connectivity index (χ3v) is 6.75. The summed E-state index contributed by atoms with van der Waals surface area (Å²) < 4.78 is 68.2. The number of fused-ring (bicyclic) bond motifs is 1. The summed E-state index contributed by atoms with van der Waals surface area (Å²) in [4.78, 5) is 19.3. The highest BCUT2D eigenvalue weighted by Crippen LogP contribution is 2.35. The van der Waals surface area contributed by atoms with Crippen LogP contribution in [0.2, 0.25) is 5.02 Å². The van der Waals surface area contributed by atoms with Crippen LogP contribution in [0.1, 0.15) is 23.0 Å². The highest BCUT2D eigenvalue weighted by Gasteiger charge is 2.32. The molecule has 0 spiro atoms. The van der Waals surface area contributed by atoms with Crippen LogP contribution in [0.3, 0.4) is 0 Å². The fraction of sp³-hybridized carbons (Fsp3) is 0.185. The van der Waals surface area contributed by atoms with Crippen molar-refractivity contribution in [2.24, 2.45) is 5.73 Å². The van der Waals surface area contributed by atoms with Gasteiger partial charge in [-0.2, -0.15) is 13.2 Å². The van der Waals surface area contributed by atoms with Crippen LogP contribution < -0.4 is 11.1 Å². The zero-order valence-corrected chi connectivity index (χ0v) is 20.9. The molecule has 0 saturated carbocycles. The van der Waals surface area contributed by atoms with Crippen LogP contribution in [-0.2, 0) is 24.1 Å². The molecule has 3 aromatic carbocycles. The topological polar surface area (TPSA) is 76.2 Å². The summed E-state index contributed by atoms with van der Waals surface area (Å²) in [5, 5.41) is 3.13. The molecule has 12 heteroatoms. The molecular formula is C27H21ClF5N5O. The van der Waals surface area contributed by atoms with E-state index in [1.165, 1.54) is 41.3 Å². The molecule has 1 aromatic heterocycles. The SMILES string of the molecule is NC(C(=O)N1CCn2c(nc(-c3ccc(F)cc3)c2Nc2ccc(Cl)c(F)c2)C1)c1ccc(C(F)(F)F)cc1. The molecule has 4 aromatic rings. The number of nitrogens with two attached hydrogens (primary N) is 1. The van der Waals surface area contributed by atoms with Gasteiger partial charge in [0.05, 0.1) is 17.1 Å². The first-order chi connectivity index (χ1) is 18.5. The van der Waals surface area contributed by atoms with Gasteiger partial charge in [-0.3, -0.25) is 4.79 Å². The second-order valence-corrected chi connectivity index (χ2v) is 9.40. The van der Waals surface area contributed by atoms with Gasteiger partial charge in [-0.05, 0) is 60.2 Å². The summed E-state index contributed by atoms with van der Waals surface area (Å²) in [5.74, 6) is -0.506. The molecule has 0 radical (unpaired) electrons. The van der Waals surface area contributed by atoms with Crippen LogP contribution in [0.5, 0.6) is 0 Å². The maximum absolute atomic E-state index is 14.1. The highest BCUT2D eigenvalue weighted by atomic mass is 35.5. The molecule has 0 aliphatic carbocycles. The lowest BCUT2D eigenvalue weighted by molar-refractivity contribution is -0.137. The second kappa shape index (κ2) is 10.3. The van der Waals surface area contributed by atoms with Gasteiger partial charge < -0.3 is 20.5 Å². The summed E-state index contributed by atoms with van der Waals surface area (Å²) >= 11 is 5.81. The first-order valence-corrected chi connectivity index (χ1v) is 12.2. The van der Waals surface area contributed by atoms with Crippen LogP contribution in [0.4, 0.5) is 33.5 Å². The number of aromatic nitrogens is 2. The van der Waals surface area contributed by atoms with Gasteiger partial charge >= 0.3 is 6.18 Å². The van der Waals surface area contributed by atoms with E-state index < -0.39 is 35.3 Å². The molecule has 1 atom stereocenters. The average Bonchev–Trinajstić information content (AvgIpc) is 3.27. The van der Waals surface area contributed by atoms with E-state index in [2.05, 4.69) is 10.3 Å². The van der Waals surface area contributed by atoms with Crippen molar-refractivity contribution in [3.05, 3.63) is 100 Å². The van der Waals surface area contributed by atoms with E-state index >= 15 is 0 Å². The van der Waals surface area contributed by atoms with Gasteiger partial charge in [-0.25, -0.2) is 13.8 Å². The average molecular weight is 562 g/mol. The van der Waals surface area contributed by atoms with Crippen LogP contribution in [0.15, 0.2) is 66.7 Å². The van der Waals surface area contributed by atoms with E-state index in [4.69, 9.17) is 17.3 Å². The quantitative estimate of drug-likeness (QED) is 0.281. The Morgan fingerprint density at radius 3 is 2.33 bits per heavy atom. The van der Waals surface area contributed by atoms with Crippen molar-refractivity contribution < 1.29 is 26.7 Å². The summed E-state index contributed by atoms with van der Waals surface area (Å²) in [6.45, 7) is 0.606. The molecular weight excluding hydrogens is 541 g/mol. The lowest BCUT2D eigenvalue weighted by Gasteiger charge is -2.30. The van der Waals surface area contributed by atoms with Crippen molar-refractivity contribution in [3.63, 3.8) is 0 Å². The standard InChI is InChI=1S/C27H21ClF5N5O/c28-20-10-9-19(13-21(20)30)35-25-24(16-3-7-18(29)8-4-16)36-22-14-37(11-12-38(22)25)26(39)23(34)15-1-5-17(6-2-15)27(31,32)33/h1-10,13,23,35H,11-12,14,34H2. The molecule has 1 unspecified atom stereocenters. The van der Waals surface area contributed by atoms with Crippen LogP contribution in [0, 0.1) is 11.6 Å². The summed E-state index contributed by atoms with van der Waals surface area (Å²) in [7, 11) is 0. The van der Waals surface area contributed by atoms with Crippen LogP contribution in [-0.4, -0.2) is 26.9 Å². The fourth-order valence-corrected chi connectivity index (χ4v) is 4.50. The minimum Gasteiger partial charge on any atom is -0.340 e. The van der Waals surface area contributed by atoms with Gasteiger partial charge in [-0.15, -0.1) is 0 Å². The number of hydrogen-bond donors (Lipinski definition) is 2. The molecule has 3 N–H and O–H groups in total. The lowest BCUT2D eigenvalue weighted by atomic mass is 10.0. The molecule has 0 saturated heterocycles. The number of anilines is 2. The number of nitrogens with one attached hydrogen (secondary N) is 1. The number of imidazole rings is 1. The maximum Gasteiger partial charge on any atom is 0.416 e. The Morgan fingerprint density at radius 2 is 1.69 bits per heavy atom. The number of nitrogens with zero attached hydrogens (tertiary/aromatic N) is 3. The second-order valence-electron chi connectivity index (χ2n) is 8.99. The highest BCUT2D eigenvalue weighted by molar-refractivity contribution is 6.30. The molecule has 6 nitrogen and oxygen atoms in total. The molecule has 1 aliphatic rings. The first kappa shape index (κ1) is 26.6. The van der Waals surface area contributed by atoms with E-state index in [9.17, 15) is 26.7 Å². The number of benzene rings is 3. The molecule has 2 heterocycles. The Balaban J connectivity index is 1.43. The summed E-state index contributed by atoms with van der Waals surface area (Å²) in [6, 6.07) is 12.9. The number of rotatable bonds is 5. The van der Waals surface area contributed by atoms with Gasteiger partial charge in [0.25, 0.3) is 0 Å². The van der Waals surface area contributed by atoms with Gasteiger partial charge in [0.15, 0.2) is 0 Å². The fourth-order valence-electron chi connectivity index (χ4n) is 4.38. The Kier molecular flexibility index (Phi) is 7.04. The monoisotopic (exact) mass is 561 g/mol. The smallest absolute Gasteiger partial charge is 0.340 e. The normalized spacial score (nSPS) is 14.2. The molecule has 0 fully saturated rings. The van der Waals surface area contributed by atoms with Gasteiger partial charge in [0, 0.05) is 24.3 Å². The number of alkyl halides is 3. The predicted octanol–water partition coefficient (Wildman–Crippen LogP) is 6.29. The molecule has 5 rings (SSSR count). The molecule has 1 aliphatic heterocycles. The van der Waals surface area contributed by atoms with E-state index in [1.807, 2.05) is 4.57 Å².